The van der Waals surface area contributed by atoms with Crippen molar-refractivity contribution in [3.05, 3.63) is 47.8 Å². The number of allylic oxidation sites excluding steroid dienone is 1. The van der Waals surface area contributed by atoms with Gasteiger partial charge in [-0.25, -0.2) is 0 Å². The number of amides is 1. The van der Waals surface area contributed by atoms with Crippen LogP contribution < -0.4 is 5.32 Å². The number of guanidine groups is 1. The van der Waals surface area contributed by atoms with Crippen LogP contribution in [0.1, 0.15) is 18.4 Å². The number of morpholine rings is 1. The van der Waals surface area contributed by atoms with Crippen LogP contribution in [0.15, 0.2) is 47.2 Å². The Labute approximate surface area is 168 Å². The molecule has 1 fully saturated rings. The molecule has 1 aromatic rings. The molecule has 3 rings (SSSR count). The van der Waals surface area contributed by atoms with Crippen LogP contribution in [0, 0.1) is 0 Å². The van der Waals surface area contributed by atoms with Crippen molar-refractivity contribution in [2.45, 2.75) is 31.5 Å². The summed E-state index contributed by atoms with van der Waals surface area (Å²) in [5.74, 6) is 0.499. The smallest absolute Gasteiger partial charge is 0.378 e. The molecule has 158 valence electrons. The summed E-state index contributed by atoms with van der Waals surface area (Å²) < 4.78 is 46.8. The lowest BCUT2D eigenvalue weighted by molar-refractivity contribution is -0.175. The van der Waals surface area contributed by atoms with Crippen LogP contribution in [0.4, 0.5) is 13.2 Å². The third-order valence-corrected chi connectivity index (χ3v) is 5.02. The number of nitrogens with one attached hydrogen (secondary N) is 1. The minimum atomic E-state index is -4.44. The fourth-order valence-electron chi connectivity index (χ4n) is 3.55. The molecule has 1 N–H and O–H groups in total. The van der Waals surface area contributed by atoms with Gasteiger partial charge < -0.3 is 14.5 Å². The molecule has 0 spiro atoms. The molecule has 1 atom stereocenters. The van der Waals surface area contributed by atoms with Crippen LogP contribution in [0.25, 0.3) is 0 Å². The fourth-order valence-corrected chi connectivity index (χ4v) is 3.55. The largest absolute Gasteiger partial charge is 0.408 e. The molecule has 0 aliphatic carbocycles. The quantitative estimate of drug-likeness (QED) is 0.758. The highest BCUT2D eigenvalue weighted by molar-refractivity contribution is 5.89. The standard InChI is InChI=1S/C20H25F3N4O2/c21-20(22,23)17-7-4-8-18(26-11-13-29-14-12-26)25-19(24-15-28)27(17)10-9-16-5-2-1-3-6-16/h1-3,5-6,8,15,17H,4,7,9-14H2,(H,24,25,28)/b18-8+. The predicted molar refractivity (Wildman–Crippen MR) is 103 cm³/mol. The van der Waals surface area contributed by atoms with E-state index in [1.807, 2.05) is 35.2 Å². The van der Waals surface area contributed by atoms with E-state index in [0.29, 0.717) is 45.0 Å². The van der Waals surface area contributed by atoms with Crippen LogP contribution in [0.2, 0.25) is 0 Å². The number of nitrogens with zero attached hydrogens (tertiary/aromatic N) is 3. The Balaban J connectivity index is 1.90. The number of carbonyl (C=O) groups is 1. The van der Waals surface area contributed by atoms with Gasteiger partial charge in [0.15, 0.2) is 0 Å². The number of carbonyl (C=O) groups excluding carboxylic acids is 1. The van der Waals surface area contributed by atoms with Gasteiger partial charge in [0.25, 0.3) is 0 Å². The molecule has 2 heterocycles. The normalized spacial score (nSPS) is 24.6. The van der Waals surface area contributed by atoms with Crippen molar-refractivity contribution in [1.29, 1.82) is 0 Å². The van der Waals surface area contributed by atoms with Crippen molar-refractivity contribution in [3.63, 3.8) is 0 Å². The fraction of sp³-hybridized carbons (Fsp3) is 0.500. The molecule has 0 aromatic heterocycles. The first kappa shape index (κ1) is 21.2. The summed E-state index contributed by atoms with van der Waals surface area (Å²) in [6.45, 7) is 2.37. The molecule has 1 saturated heterocycles. The van der Waals surface area contributed by atoms with Gasteiger partial charge in [-0.2, -0.15) is 18.2 Å². The lowest BCUT2D eigenvalue weighted by Crippen LogP contribution is -2.54. The van der Waals surface area contributed by atoms with Crippen molar-refractivity contribution < 1.29 is 22.7 Å². The Morgan fingerprint density at radius 1 is 1.21 bits per heavy atom. The predicted octanol–water partition coefficient (Wildman–Crippen LogP) is 2.53. The maximum Gasteiger partial charge on any atom is 0.408 e. The summed E-state index contributed by atoms with van der Waals surface area (Å²) in [6, 6.07) is 7.58. The molecule has 1 unspecified atom stereocenters. The Hall–Kier alpha value is -2.55. The van der Waals surface area contributed by atoms with Crippen molar-refractivity contribution in [2.24, 2.45) is 4.99 Å². The number of benzene rings is 1. The molecule has 0 saturated carbocycles. The number of ether oxygens (including phenoxy) is 1. The number of hydrogen-bond acceptors (Lipinski definition) is 5. The van der Waals surface area contributed by atoms with Crippen LogP contribution in [-0.4, -0.2) is 67.2 Å². The van der Waals surface area contributed by atoms with Crippen LogP contribution >= 0.6 is 0 Å². The van der Waals surface area contributed by atoms with E-state index in [2.05, 4.69) is 10.3 Å². The average Bonchev–Trinajstić information content (AvgIpc) is 2.70. The maximum atomic E-state index is 13.8. The van der Waals surface area contributed by atoms with Gasteiger partial charge in [-0.05, 0) is 30.9 Å². The highest BCUT2D eigenvalue weighted by Gasteiger charge is 2.44. The maximum absolute atomic E-state index is 13.8. The summed E-state index contributed by atoms with van der Waals surface area (Å²) in [5, 5.41) is 2.41. The van der Waals surface area contributed by atoms with E-state index >= 15 is 0 Å². The second-order valence-corrected chi connectivity index (χ2v) is 6.92. The zero-order valence-corrected chi connectivity index (χ0v) is 16.1. The molecule has 1 aromatic carbocycles. The lowest BCUT2D eigenvalue weighted by Gasteiger charge is -2.37. The Kier molecular flexibility index (Phi) is 7.13. The summed E-state index contributed by atoms with van der Waals surface area (Å²) in [5.41, 5.74) is 0.921. The zero-order chi connectivity index (χ0) is 20.7. The first-order chi connectivity index (χ1) is 14.0. The lowest BCUT2D eigenvalue weighted by atomic mass is 10.1. The van der Waals surface area contributed by atoms with Crippen LogP contribution in [0.5, 0.6) is 0 Å². The molecule has 0 radical (unpaired) electrons. The van der Waals surface area contributed by atoms with E-state index in [4.69, 9.17) is 4.74 Å². The van der Waals surface area contributed by atoms with Gasteiger partial charge in [0.05, 0.1) is 13.2 Å². The second-order valence-electron chi connectivity index (χ2n) is 6.92. The van der Waals surface area contributed by atoms with Gasteiger partial charge in [-0.15, -0.1) is 0 Å². The summed E-state index contributed by atoms with van der Waals surface area (Å²) in [4.78, 5) is 18.8. The minimum Gasteiger partial charge on any atom is -0.378 e. The molecular formula is C20H25F3N4O2. The molecular weight excluding hydrogens is 385 g/mol. The number of halogens is 3. The molecule has 1 amide bonds. The van der Waals surface area contributed by atoms with Crippen molar-refractivity contribution in [1.82, 2.24) is 15.1 Å². The van der Waals surface area contributed by atoms with Gasteiger partial charge in [0.1, 0.15) is 11.9 Å². The summed E-state index contributed by atoms with van der Waals surface area (Å²) >= 11 is 0. The van der Waals surface area contributed by atoms with Crippen LogP contribution in [0.3, 0.4) is 0 Å². The van der Waals surface area contributed by atoms with Gasteiger partial charge in [0.2, 0.25) is 12.4 Å². The first-order valence-electron chi connectivity index (χ1n) is 9.68. The van der Waals surface area contributed by atoms with E-state index in [1.54, 1.807) is 6.08 Å². The van der Waals surface area contributed by atoms with Gasteiger partial charge in [-0.1, -0.05) is 30.3 Å². The third-order valence-electron chi connectivity index (χ3n) is 5.02. The van der Waals surface area contributed by atoms with Crippen LogP contribution in [-0.2, 0) is 16.0 Å². The molecule has 0 bridgehead atoms. The topological polar surface area (TPSA) is 57.2 Å². The average molecular weight is 410 g/mol. The molecule has 2 aliphatic rings. The Morgan fingerprint density at radius 3 is 2.59 bits per heavy atom. The highest BCUT2D eigenvalue weighted by Crippen LogP contribution is 2.30. The van der Waals surface area contributed by atoms with Gasteiger partial charge in [0, 0.05) is 19.6 Å². The van der Waals surface area contributed by atoms with Crippen molar-refractivity contribution >= 4 is 12.4 Å². The van der Waals surface area contributed by atoms with Gasteiger partial charge >= 0.3 is 6.18 Å². The Morgan fingerprint density at radius 2 is 1.93 bits per heavy atom. The van der Waals surface area contributed by atoms with Crippen molar-refractivity contribution in [2.75, 3.05) is 32.8 Å². The SMILES string of the molecule is O=CN/C1=N\C(N2CCOCC2)=C/CCC(C(F)(F)F)N1CCc1ccccc1. The van der Waals surface area contributed by atoms with E-state index in [9.17, 15) is 18.0 Å². The highest BCUT2D eigenvalue weighted by atomic mass is 19.4. The summed E-state index contributed by atoms with van der Waals surface area (Å²) in [7, 11) is 0. The number of hydrogen-bond donors (Lipinski definition) is 1. The van der Waals surface area contributed by atoms with E-state index in [0.717, 1.165) is 5.56 Å². The number of rotatable bonds is 5. The molecule has 9 heteroatoms. The number of alkyl halides is 3. The molecule has 29 heavy (non-hydrogen) atoms. The summed E-state index contributed by atoms with van der Waals surface area (Å²) in [6.07, 6.45) is -1.80. The second kappa shape index (κ2) is 9.78. The first-order valence-corrected chi connectivity index (χ1v) is 9.68. The van der Waals surface area contributed by atoms with Gasteiger partial charge in [-0.3, -0.25) is 10.1 Å². The van der Waals surface area contributed by atoms with E-state index < -0.39 is 12.2 Å². The third kappa shape index (κ3) is 5.72. The minimum absolute atomic E-state index is 0.0734. The van der Waals surface area contributed by atoms with E-state index in [1.165, 1.54) is 4.90 Å². The van der Waals surface area contributed by atoms with E-state index in [-0.39, 0.29) is 25.3 Å². The Bertz CT molecular complexity index is 731. The zero-order valence-electron chi connectivity index (χ0n) is 16.1. The monoisotopic (exact) mass is 410 g/mol. The number of aliphatic imine (C=N–C) groups is 1. The molecule has 6 nitrogen and oxygen atoms in total. The van der Waals surface area contributed by atoms with Crippen molar-refractivity contribution in [3.8, 4) is 0 Å². The molecule has 2 aliphatic heterocycles.